The Kier molecular flexibility index (Phi) is 4.04. The van der Waals surface area contributed by atoms with Gasteiger partial charge in [-0.1, -0.05) is 0 Å². The van der Waals surface area contributed by atoms with E-state index in [1.165, 1.54) is 12.8 Å². The van der Waals surface area contributed by atoms with Gasteiger partial charge in [-0.2, -0.15) is 0 Å². The number of benzene rings is 1. The lowest BCUT2D eigenvalue weighted by molar-refractivity contribution is 0.329. The quantitative estimate of drug-likeness (QED) is 0.868. The molecule has 0 atom stereocenters. The molecule has 1 aliphatic rings. The summed E-state index contributed by atoms with van der Waals surface area (Å²) in [7, 11) is 0. The Morgan fingerprint density at radius 1 is 1.23 bits per heavy atom. The van der Waals surface area contributed by atoms with E-state index in [2.05, 4.69) is 4.90 Å². The van der Waals surface area contributed by atoms with Crippen LogP contribution in [0, 0.1) is 19.7 Å². The second kappa shape index (κ2) is 5.84. The fraction of sp³-hybridized carbons (Fsp3) is 0.500. The number of aromatic nitrogens is 1. The van der Waals surface area contributed by atoms with Gasteiger partial charge in [-0.05, 0) is 63.9 Å². The maximum Gasteiger partial charge on any atom is 0.193 e. The first-order valence-corrected chi connectivity index (χ1v) is 8.07. The van der Waals surface area contributed by atoms with Crippen molar-refractivity contribution >= 4 is 10.9 Å². The molecule has 2 aromatic rings. The second-order valence-corrected chi connectivity index (χ2v) is 6.28. The molecule has 118 valence electrons. The Balaban J connectivity index is 2.21. The molecule has 0 saturated carbocycles. The summed E-state index contributed by atoms with van der Waals surface area (Å²) >= 11 is 0. The fourth-order valence-electron chi connectivity index (χ4n) is 3.34. The Bertz CT molecular complexity index is 773. The molecule has 0 aliphatic carbocycles. The van der Waals surface area contributed by atoms with Gasteiger partial charge in [0.15, 0.2) is 11.2 Å². The van der Waals surface area contributed by atoms with Gasteiger partial charge in [0.25, 0.3) is 0 Å². The second-order valence-electron chi connectivity index (χ2n) is 6.28. The van der Waals surface area contributed by atoms with E-state index in [1.54, 1.807) is 6.92 Å². The van der Waals surface area contributed by atoms with Gasteiger partial charge in [-0.15, -0.1) is 0 Å². The molecule has 2 heterocycles. The number of rotatable bonds is 3. The monoisotopic (exact) mass is 302 g/mol. The lowest BCUT2D eigenvalue weighted by Gasteiger charge is -2.18. The van der Waals surface area contributed by atoms with E-state index in [0.29, 0.717) is 29.6 Å². The maximum atomic E-state index is 14.7. The van der Waals surface area contributed by atoms with E-state index in [0.717, 1.165) is 24.2 Å². The van der Waals surface area contributed by atoms with Crippen molar-refractivity contribution in [1.82, 2.24) is 9.47 Å². The third-order valence-electron chi connectivity index (χ3n) is 4.81. The summed E-state index contributed by atoms with van der Waals surface area (Å²) in [6, 6.07) is 1.84. The number of hydrogen-bond acceptors (Lipinski definition) is 2. The molecule has 1 saturated heterocycles. The summed E-state index contributed by atoms with van der Waals surface area (Å²) in [6.45, 7) is 9.04. The summed E-state index contributed by atoms with van der Waals surface area (Å²) in [5, 5.41) is 0.513. The summed E-state index contributed by atoms with van der Waals surface area (Å²) in [4.78, 5) is 15.1. The van der Waals surface area contributed by atoms with Crippen molar-refractivity contribution in [1.29, 1.82) is 0 Å². The van der Waals surface area contributed by atoms with Gasteiger partial charge >= 0.3 is 0 Å². The standard InChI is InChI=1S/C18H23FN2O/c1-4-21-11-14(10-20-7-5-6-8-20)18(22)15-9-12(2)13(3)16(19)17(15)21/h9,11H,4-8,10H2,1-3H3. The first-order chi connectivity index (χ1) is 10.5. The van der Waals surface area contributed by atoms with Crippen molar-refractivity contribution in [2.24, 2.45) is 0 Å². The highest BCUT2D eigenvalue weighted by Crippen LogP contribution is 2.23. The van der Waals surface area contributed by atoms with Gasteiger partial charge in [0.2, 0.25) is 0 Å². The van der Waals surface area contributed by atoms with Crippen LogP contribution in [-0.4, -0.2) is 22.6 Å². The van der Waals surface area contributed by atoms with Crippen LogP contribution < -0.4 is 5.43 Å². The Morgan fingerprint density at radius 2 is 1.91 bits per heavy atom. The van der Waals surface area contributed by atoms with Gasteiger partial charge in [0.05, 0.1) is 5.52 Å². The van der Waals surface area contributed by atoms with Crippen LogP contribution in [0.25, 0.3) is 10.9 Å². The van der Waals surface area contributed by atoms with Crippen molar-refractivity contribution in [3.63, 3.8) is 0 Å². The summed E-state index contributed by atoms with van der Waals surface area (Å²) in [5.74, 6) is -0.262. The first kappa shape index (κ1) is 15.2. The van der Waals surface area contributed by atoms with Crippen LogP contribution in [0.4, 0.5) is 4.39 Å². The van der Waals surface area contributed by atoms with Gasteiger partial charge in [-0.25, -0.2) is 4.39 Å². The zero-order chi connectivity index (χ0) is 15.9. The van der Waals surface area contributed by atoms with Crippen LogP contribution in [0.5, 0.6) is 0 Å². The number of nitrogens with zero attached hydrogens (tertiary/aromatic N) is 2. The number of likely N-dealkylation sites (tertiary alicyclic amines) is 1. The van der Waals surface area contributed by atoms with Crippen molar-refractivity contribution in [3.05, 3.63) is 45.0 Å². The lowest BCUT2D eigenvalue weighted by Crippen LogP contribution is -2.25. The molecule has 3 rings (SSSR count). The predicted molar refractivity (Wildman–Crippen MR) is 87.8 cm³/mol. The minimum atomic E-state index is -0.262. The minimum absolute atomic E-state index is 0.0198. The molecule has 1 aliphatic heterocycles. The zero-order valence-corrected chi connectivity index (χ0v) is 13.6. The average Bonchev–Trinajstić information content (AvgIpc) is 3.01. The molecule has 0 amide bonds. The molecular weight excluding hydrogens is 279 g/mol. The number of aryl methyl sites for hydroxylation is 2. The van der Waals surface area contributed by atoms with E-state index in [-0.39, 0.29) is 11.2 Å². The third-order valence-corrected chi connectivity index (χ3v) is 4.81. The summed E-state index contributed by atoms with van der Waals surface area (Å²) in [6.07, 6.45) is 4.24. The molecule has 22 heavy (non-hydrogen) atoms. The molecule has 1 aromatic heterocycles. The van der Waals surface area contributed by atoms with Crippen molar-refractivity contribution in [2.75, 3.05) is 13.1 Å². The minimum Gasteiger partial charge on any atom is -0.345 e. The van der Waals surface area contributed by atoms with Crippen LogP contribution in [0.2, 0.25) is 0 Å². The first-order valence-electron chi connectivity index (χ1n) is 8.07. The molecule has 0 unspecified atom stereocenters. The van der Waals surface area contributed by atoms with E-state index < -0.39 is 0 Å². The number of halogens is 1. The molecule has 0 radical (unpaired) electrons. The highest BCUT2D eigenvalue weighted by molar-refractivity contribution is 5.82. The SMILES string of the molecule is CCn1cc(CN2CCCC2)c(=O)c2cc(C)c(C)c(F)c21. The van der Waals surface area contributed by atoms with Crippen molar-refractivity contribution < 1.29 is 4.39 Å². The lowest BCUT2D eigenvalue weighted by atomic mass is 10.0. The maximum absolute atomic E-state index is 14.7. The molecule has 1 aromatic carbocycles. The topological polar surface area (TPSA) is 25.2 Å². The van der Waals surface area contributed by atoms with E-state index in [9.17, 15) is 9.18 Å². The number of fused-ring (bicyclic) bond motifs is 1. The smallest absolute Gasteiger partial charge is 0.193 e. The van der Waals surface area contributed by atoms with Crippen LogP contribution in [0.3, 0.4) is 0 Å². The molecule has 3 nitrogen and oxygen atoms in total. The zero-order valence-electron chi connectivity index (χ0n) is 13.6. The highest BCUT2D eigenvalue weighted by Gasteiger charge is 2.18. The predicted octanol–water partition coefficient (Wildman–Crippen LogP) is 3.37. The van der Waals surface area contributed by atoms with Crippen LogP contribution in [0.1, 0.15) is 36.5 Å². The van der Waals surface area contributed by atoms with Gasteiger partial charge in [0.1, 0.15) is 0 Å². The molecular formula is C18H23FN2O. The van der Waals surface area contributed by atoms with Gasteiger partial charge in [0, 0.05) is 30.2 Å². The summed E-state index contributed by atoms with van der Waals surface area (Å²) < 4.78 is 16.5. The van der Waals surface area contributed by atoms with Gasteiger partial charge < -0.3 is 4.57 Å². The molecule has 0 N–H and O–H groups in total. The highest BCUT2D eigenvalue weighted by atomic mass is 19.1. The van der Waals surface area contributed by atoms with E-state index in [1.807, 2.05) is 30.7 Å². The van der Waals surface area contributed by atoms with E-state index in [4.69, 9.17) is 0 Å². The average molecular weight is 302 g/mol. The largest absolute Gasteiger partial charge is 0.345 e. The number of pyridine rings is 1. The van der Waals surface area contributed by atoms with Gasteiger partial charge in [-0.3, -0.25) is 9.69 Å². The Labute approximate surface area is 130 Å². The van der Waals surface area contributed by atoms with Crippen LogP contribution in [0.15, 0.2) is 17.1 Å². The van der Waals surface area contributed by atoms with Crippen LogP contribution >= 0.6 is 0 Å². The number of hydrogen-bond donors (Lipinski definition) is 0. The molecule has 1 fully saturated rings. The Hall–Kier alpha value is -1.68. The molecule has 0 spiro atoms. The third kappa shape index (κ3) is 2.45. The Morgan fingerprint density at radius 3 is 2.55 bits per heavy atom. The van der Waals surface area contributed by atoms with Crippen molar-refractivity contribution in [2.45, 2.75) is 46.7 Å². The van der Waals surface area contributed by atoms with Crippen LogP contribution in [-0.2, 0) is 13.1 Å². The summed E-state index contributed by atoms with van der Waals surface area (Å²) in [5.41, 5.74) is 2.66. The molecule has 0 bridgehead atoms. The fourth-order valence-corrected chi connectivity index (χ4v) is 3.34. The van der Waals surface area contributed by atoms with Crippen molar-refractivity contribution in [3.8, 4) is 0 Å². The van der Waals surface area contributed by atoms with E-state index >= 15 is 0 Å². The normalized spacial score (nSPS) is 15.8. The molecule has 4 heteroatoms.